The first-order valence-corrected chi connectivity index (χ1v) is 7.21. The largest absolute Gasteiger partial charge is 0.377 e. The molecule has 1 aliphatic rings. The Kier molecular flexibility index (Phi) is 7.87. The fourth-order valence-electron chi connectivity index (χ4n) is 2.45. The zero-order valence-electron chi connectivity index (χ0n) is 10.9. The summed E-state index contributed by atoms with van der Waals surface area (Å²) in [6.45, 7) is 3.17. The van der Waals surface area contributed by atoms with Gasteiger partial charge in [0.15, 0.2) is 0 Å². The number of unbranched alkanes of at least 4 members (excludes halogenated alkanes) is 4. The van der Waals surface area contributed by atoms with E-state index in [9.17, 15) is 0 Å². The van der Waals surface area contributed by atoms with Gasteiger partial charge >= 0.3 is 0 Å². The van der Waals surface area contributed by atoms with Crippen LogP contribution < -0.4 is 5.73 Å². The molecule has 0 saturated heterocycles. The van der Waals surface area contributed by atoms with Crippen LogP contribution in [0.3, 0.4) is 0 Å². The normalized spacial score (nSPS) is 26.6. The van der Waals surface area contributed by atoms with Gasteiger partial charge in [-0.15, -0.1) is 0 Å². The van der Waals surface area contributed by atoms with Crippen molar-refractivity contribution in [2.24, 2.45) is 5.73 Å². The van der Waals surface area contributed by atoms with E-state index in [1.54, 1.807) is 0 Å². The van der Waals surface area contributed by atoms with Gasteiger partial charge < -0.3 is 10.5 Å². The van der Waals surface area contributed by atoms with Crippen LogP contribution in [0.5, 0.6) is 0 Å². The highest BCUT2D eigenvalue weighted by molar-refractivity contribution is 4.76. The molecule has 0 aliphatic heterocycles. The standard InChI is InChI=1S/C14H29NO/c1-2-3-4-5-9-12-16-14-11-8-6-7-10-13(14)15/h13-14H,2-12,15H2,1H3. The van der Waals surface area contributed by atoms with Gasteiger partial charge in [-0.2, -0.15) is 0 Å². The highest BCUT2D eigenvalue weighted by atomic mass is 16.5. The molecule has 0 aromatic heterocycles. The Morgan fingerprint density at radius 3 is 2.56 bits per heavy atom. The fraction of sp³-hybridized carbons (Fsp3) is 1.00. The molecule has 0 bridgehead atoms. The second-order valence-electron chi connectivity index (χ2n) is 5.13. The van der Waals surface area contributed by atoms with Crippen LogP contribution in [0.1, 0.15) is 71.1 Å². The number of ether oxygens (including phenoxy) is 1. The molecule has 0 aromatic rings. The summed E-state index contributed by atoms with van der Waals surface area (Å²) in [6, 6.07) is 0.290. The molecule has 1 rings (SSSR count). The number of rotatable bonds is 7. The van der Waals surface area contributed by atoms with Gasteiger partial charge in [0.25, 0.3) is 0 Å². The van der Waals surface area contributed by atoms with Crippen molar-refractivity contribution < 1.29 is 4.74 Å². The van der Waals surface area contributed by atoms with Crippen LogP contribution in [-0.4, -0.2) is 18.8 Å². The Balaban J connectivity index is 2.01. The van der Waals surface area contributed by atoms with Gasteiger partial charge in [-0.25, -0.2) is 0 Å². The van der Waals surface area contributed by atoms with Gasteiger partial charge in [-0.1, -0.05) is 51.9 Å². The molecule has 0 aromatic carbocycles. The summed E-state index contributed by atoms with van der Waals surface area (Å²) < 4.78 is 5.93. The SMILES string of the molecule is CCCCCCCOC1CCCCCC1N. The van der Waals surface area contributed by atoms with E-state index >= 15 is 0 Å². The molecule has 0 amide bonds. The molecule has 0 radical (unpaired) electrons. The minimum absolute atomic E-state index is 0.290. The third-order valence-corrected chi connectivity index (χ3v) is 3.58. The average molecular weight is 227 g/mol. The topological polar surface area (TPSA) is 35.2 Å². The molecule has 2 heteroatoms. The number of hydrogen-bond acceptors (Lipinski definition) is 2. The predicted octanol–water partition coefficient (Wildman–Crippen LogP) is 3.63. The van der Waals surface area contributed by atoms with E-state index in [2.05, 4.69) is 6.92 Å². The zero-order chi connectivity index (χ0) is 11.6. The summed E-state index contributed by atoms with van der Waals surface area (Å²) in [4.78, 5) is 0. The lowest BCUT2D eigenvalue weighted by Crippen LogP contribution is -2.35. The molecular weight excluding hydrogens is 198 g/mol. The maximum absolute atomic E-state index is 6.12. The monoisotopic (exact) mass is 227 g/mol. The third kappa shape index (κ3) is 5.86. The van der Waals surface area contributed by atoms with E-state index in [1.807, 2.05) is 0 Å². The highest BCUT2D eigenvalue weighted by Crippen LogP contribution is 2.19. The van der Waals surface area contributed by atoms with Gasteiger partial charge in [-0.05, 0) is 19.3 Å². The molecule has 2 unspecified atom stereocenters. The van der Waals surface area contributed by atoms with Crippen molar-refractivity contribution in [3.63, 3.8) is 0 Å². The zero-order valence-corrected chi connectivity index (χ0v) is 10.9. The first-order valence-electron chi connectivity index (χ1n) is 7.21. The van der Waals surface area contributed by atoms with E-state index in [1.165, 1.54) is 57.8 Å². The second kappa shape index (κ2) is 9.00. The molecule has 1 fully saturated rings. The molecule has 1 aliphatic carbocycles. The van der Waals surface area contributed by atoms with Gasteiger partial charge in [0.2, 0.25) is 0 Å². The Labute approximate surface area is 101 Å². The van der Waals surface area contributed by atoms with Gasteiger partial charge in [0.05, 0.1) is 6.10 Å². The summed E-state index contributed by atoms with van der Waals surface area (Å²) in [6.07, 6.45) is 13.2. The Hall–Kier alpha value is -0.0800. The molecule has 2 nitrogen and oxygen atoms in total. The molecule has 16 heavy (non-hydrogen) atoms. The van der Waals surface area contributed by atoms with E-state index in [0.29, 0.717) is 6.10 Å². The summed E-state index contributed by atoms with van der Waals surface area (Å²) >= 11 is 0. The molecular formula is C14H29NO. The average Bonchev–Trinajstić information content (AvgIpc) is 2.49. The maximum atomic E-state index is 6.12. The van der Waals surface area contributed by atoms with Crippen LogP contribution in [0.25, 0.3) is 0 Å². The molecule has 2 atom stereocenters. The first-order chi connectivity index (χ1) is 7.84. The first kappa shape index (κ1) is 14.0. The molecule has 96 valence electrons. The maximum Gasteiger partial charge on any atom is 0.0725 e. The van der Waals surface area contributed by atoms with Crippen LogP contribution in [-0.2, 0) is 4.74 Å². The molecule has 2 N–H and O–H groups in total. The van der Waals surface area contributed by atoms with Crippen molar-refractivity contribution in [3.8, 4) is 0 Å². The quantitative estimate of drug-likeness (QED) is 0.532. The minimum Gasteiger partial charge on any atom is -0.377 e. The molecule has 0 spiro atoms. The molecule has 0 heterocycles. The number of hydrogen-bond donors (Lipinski definition) is 1. The Bertz CT molecular complexity index is 161. The van der Waals surface area contributed by atoms with Gasteiger partial charge in [-0.3, -0.25) is 0 Å². The van der Waals surface area contributed by atoms with Gasteiger partial charge in [0, 0.05) is 12.6 Å². The van der Waals surface area contributed by atoms with Crippen LogP contribution in [0, 0.1) is 0 Å². The third-order valence-electron chi connectivity index (χ3n) is 3.58. The van der Waals surface area contributed by atoms with Crippen LogP contribution >= 0.6 is 0 Å². The van der Waals surface area contributed by atoms with Crippen LogP contribution in [0.15, 0.2) is 0 Å². The van der Waals surface area contributed by atoms with E-state index in [0.717, 1.165) is 13.0 Å². The number of nitrogens with two attached hydrogens (primary N) is 1. The van der Waals surface area contributed by atoms with Crippen molar-refractivity contribution in [1.82, 2.24) is 0 Å². The second-order valence-corrected chi connectivity index (χ2v) is 5.13. The lowest BCUT2D eigenvalue weighted by atomic mass is 10.1. The lowest BCUT2D eigenvalue weighted by Gasteiger charge is -2.21. The Morgan fingerprint density at radius 1 is 1.00 bits per heavy atom. The van der Waals surface area contributed by atoms with Crippen LogP contribution in [0.4, 0.5) is 0 Å². The van der Waals surface area contributed by atoms with Crippen LogP contribution in [0.2, 0.25) is 0 Å². The van der Waals surface area contributed by atoms with E-state index in [-0.39, 0.29) is 6.04 Å². The smallest absolute Gasteiger partial charge is 0.0725 e. The van der Waals surface area contributed by atoms with Crippen molar-refractivity contribution in [2.45, 2.75) is 83.3 Å². The van der Waals surface area contributed by atoms with Gasteiger partial charge in [0.1, 0.15) is 0 Å². The fourth-order valence-corrected chi connectivity index (χ4v) is 2.45. The minimum atomic E-state index is 0.290. The van der Waals surface area contributed by atoms with Crippen molar-refractivity contribution in [1.29, 1.82) is 0 Å². The van der Waals surface area contributed by atoms with Crippen molar-refractivity contribution in [2.75, 3.05) is 6.61 Å². The lowest BCUT2D eigenvalue weighted by molar-refractivity contribution is 0.0290. The Morgan fingerprint density at radius 2 is 1.75 bits per heavy atom. The summed E-state index contributed by atoms with van der Waals surface area (Å²) in [5.41, 5.74) is 6.12. The summed E-state index contributed by atoms with van der Waals surface area (Å²) in [5.74, 6) is 0. The summed E-state index contributed by atoms with van der Waals surface area (Å²) in [7, 11) is 0. The van der Waals surface area contributed by atoms with Crippen molar-refractivity contribution in [3.05, 3.63) is 0 Å². The van der Waals surface area contributed by atoms with E-state index < -0.39 is 0 Å². The highest BCUT2D eigenvalue weighted by Gasteiger charge is 2.20. The van der Waals surface area contributed by atoms with E-state index in [4.69, 9.17) is 10.5 Å². The van der Waals surface area contributed by atoms with Crippen molar-refractivity contribution >= 4 is 0 Å². The molecule has 1 saturated carbocycles. The predicted molar refractivity (Wildman–Crippen MR) is 69.6 cm³/mol. The summed E-state index contributed by atoms with van der Waals surface area (Å²) in [5, 5.41) is 0.